The van der Waals surface area contributed by atoms with E-state index in [1.165, 1.54) is 6.07 Å². The van der Waals surface area contributed by atoms with Crippen LogP contribution in [0, 0.1) is 12.7 Å². The predicted octanol–water partition coefficient (Wildman–Crippen LogP) is 3.45. The van der Waals surface area contributed by atoms with E-state index in [0.29, 0.717) is 22.8 Å². The SMILES string of the molecule is CNC(C)c1cnc(Cc2c(F)cccc2Cl)nc1C. The predicted molar refractivity (Wildman–Crippen MR) is 78.5 cm³/mol. The fourth-order valence-corrected chi connectivity index (χ4v) is 2.28. The van der Waals surface area contributed by atoms with Crippen LogP contribution < -0.4 is 5.32 Å². The Labute approximate surface area is 123 Å². The molecule has 0 saturated heterocycles. The summed E-state index contributed by atoms with van der Waals surface area (Å²) >= 11 is 6.02. The molecular formula is C15H17ClFN3. The van der Waals surface area contributed by atoms with Crippen molar-refractivity contribution in [1.82, 2.24) is 15.3 Å². The standard InChI is InChI=1S/C15H17ClFN3/c1-9(18-3)12-8-19-15(20-10(12)2)7-11-13(16)5-4-6-14(11)17/h4-6,8-9,18H,7H2,1-3H3. The second kappa shape index (κ2) is 6.29. The summed E-state index contributed by atoms with van der Waals surface area (Å²) in [5.74, 6) is 0.243. The van der Waals surface area contributed by atoms with Gasteiger partial charge in [0.25, 0.3) is 0 Å². The van der Waals surface area contributed by atoms with Crippen LogP contribution in [-0.4, -0.2) is 17.0 Å². The van der Waals surface area contributed by atoms with Crippen LogP contribution in [-0.2, 0) is 6.42 Å². The van der Waals surface area contributed by atoms with Crippen molar-refractivity contribution in [3.05, 3.63) is 57.9 Å². The van der Waals surface area contributed by atoms with Gasteiger partial charge in [-0.3, -0.25) is 0 Å². The Morgan fingerprint density at radius 1 is 1.40 bits per heavy atom. The number of hydrogen-bond acceptors (Lipinski definition) is 3. The normalized spacial score (nSPS) is 12.4. The number of aromatic nitrogens is 2. The molecule has 1 aromatic carbocycles. The summed E-state index contributed by atoms with van der Waals surface area (Å²) in [4.78, 5) is 8.75. The molecule has 0 bridgehead atoms. The summed E-state index contributed by atoms with van der Waals surface area (Å²) in [6.07, 6.45) is 2.08. The van der Waals surface area contributed by atoms with Crippen LogP contribution in [0.25, 0.3) is 0 Å². The van der Waals surface area contributed by atoms with E-state index >= 15 is 0 Å². The number of nitrogens with one attached hydrogen (secondary N) is 1. The van der Waals surface area contributed by atoms with Crippen molar-refractivity contribution < 1.29 is 4.39 Å². The van der Waals surface area contributed by atoms with Gasteiger partial charge in [-0.2, -0.15) is 0 Å². The van der Waals surface area contributed by atoms with E-state index in [0.717, 1.165) is 11.3 Å². The van der Waals surface area contributed by atoms with Gasteiger partial charge in [-0.15, -0.1) is 0 Å². The van der Waals surface area contributed by atoms with Gasteiger partial charge in [0.1, 0.15) is 11.6 Å². The van der Waals surface area contributed by atoms with Crippen molar-refractivity contribution in [3.63, 3.8) is 0 Å². The second-order valence-electron chi connectivity index (χ2n) is 4.71. The van der Waals surface area contributed by atoms with Gasteiger partial charge < -0.3 is 5.32 Å². The maximum Gasteiger partial charge on any atom is 0.133 e. The zero-order chi connectivity index (χ0) is 14.7. The lowest BCUT2D eigenvalue weighted by Crippen LogP contribution is -2.15. The lowest BCUT2D eigenvalue weighted by atomic mass is 10.1. The van der Waals surface area contributed by atoms with Gasteiger partial charge >= 0.3 is 0 Å². The number of halogens is 2. The molecule has 0 saturated carbocycles. The average molecular weight is 294 g/mol. The third-order valence-corrected chi connectivity index (χ3v) is 3.72. The van der Waals surface area contributed by atoms with E-state index in [1.807, 2.05) is 20.9 Å². The topological polar surface area (TPSA) is 37.8 Å². The maximum atomic E-state index is 13.7. The molecule has 0 fully saturated rings. The monoisotopic (exact) mass is 293 g/mol. The fourth-order valence-electron chi connectivity index (χ4n) is 2.05. The molecule has 1 unspecified atom stereocenters. The summed E-state index contributed by atoms with van der Waals surface area (Å²) in [6.45, 7) is 3.97. The van der Waals surface area contributed by atoms with Gasteiger partial charge in [0.15, 0.2) is 0 Å². The third-order valence-electron chi connectivity index (χ3n) is 3.36. The Kier molecular flexibility index (Phi) is 4.68. The Hall–Kier alpha value is -1.52. The minimum atomic E-state index is -0.327. The Morgan fingerprint density at radius 3 is 2.75 bits per heavy atom. The molecule has 1 heterocycles. The molecule has 20 heavy (non-hydrogen) atoms. The average Bonchev–Trinajstić information content (AvgIpc) is 2.42. The van der Waals surface area contributed by atoms with Crippen LogP contribution in [0.4, 0.5) is 4.39 Å². The molecule has 0 spiro atoms. The lowest BCUT2D eigenvalue weighted by Gasteiger charge is -2.13. The second-order valence-corrected chi connectivity index (χ2v) is 5.12. The molecule has 5 heteroatoms. The maximum absolute atomic E-state index is 13.7. The summed E-state index contributed by atoms with van der Waals surface area (Å²) in [5, 5.41) is 3.55. The molecule has 1 aromatic heterocycles. The lowest BCUT2D eigenvalue weighted by molar-refractivity contribution is 0.610. The first-order valence-corrected chi connectivity index (χ1v) is 6.83. The third kappa shape index (κ3) is 3.14. The largest absolute Gasteiger partial charge is 0.313 e. The fraction of sp³-hybridized carbons (Fsp3) is 0.333. The molecule has 0 amide bonds. The van der Waals surface area contributed by atoms with E-state index < -0.39 is 0 Å². The molecule has 3 nitrogen and oxygen atoms in total. The zero-order valence-electron chi connectivity index (χ0n) is 11.7. The van der Waals surface area contributed by atoms with Crippen molar-refractivity contribution in [2.45, 2.75) is 26.3 Å². The van der Waals surface area contributed by atoms with Gasteiger partial charge in [0.05, 0.1) is 0 Å². The number of aryl methyl sites for hydroxylation is 1. The first-order valence-electron chi connectivity index (χ1n) is 6.45. The van der Waals surface area contributed by atoms with E-state index in [2.05, 4.69) is 15.3 Å². The highest BCUT2D eigenvalue weighted by Crippen LogP contribution is 2.22. The van der Waals surface area contributed by atoms with Gasteiger partial charge in [-0.25, -0.2) is 14.4 Å². The van der Waals surface area contributed by atoms with Gasteiger partial charge in [0.2, 0.25) is 0 Å². The summed E-state index contributed by atoms with van der Waals surface area (Å²) in [6, 6.07) is 4.84. The van der Waals surface area contributed by atoms with Crippen molar-refractivity contribution in [2.75, 3.05) is 7.05 Å². The molecule has 1 N–H and O–H groups in total. The molecule has 2 aromatic rings. The van der Waals surface area contributed by atoms with Crippen molar-refractivity contribution in [2.24, 2.45) is 0 Å². The van der Waals surface area contributed by atoms with E-state index in [9.17, 15) is 4.39 Å². The summed E-state index contributed by atoms with van der Waals surface area (Å²) in [7, 11) is 1.89. The van der Waals surface area contributed by atoms with Crippen LogP contribution in [0.2, 0.25) is 5.02 Å². The number of nitrogens with zero attached hydrogens (tertiary/aromatic N) is 2. The van der Waals surface area contributed by atoms with E-state index in [4.69, 9.17) is 11.6 Å². The quantitative estimate of drug-likeness (QED) is 0.938. The van der Waals surface area contributed by atoms with Gasteiger partial charge in [0, 0.05) is 40.5 Å². The molecule has 0 aliphatic carbocycles. The van der Waals surface area contributed by atoms with Crippen molar-refractivity contribution in [1.29, 1.82) is 0 Å². The number of rotatable bonds is 4. The van der Waals surface area contributed by atoms with Gasteiger partial charge in [-0.1, -0.05) is 17.7 Å². The molecule has 106 valence electrons. The molecular weight excluding hydrogens is 277 g/mol. The first kappa shape index (κ1) is 14.9. The first-order chi connectivity index (χ1) is 9.52. The van der Waals surface area contributed by atoms with Crippen LogP contribution in [0.1, 0.15) is 35.6 Å². The summed E-state index contributed by atoms with van der Waals surface area (Å²) in [5.41, 5.74) is 2.36. The molecule has 0 aliphatic rings. The molecule has 1 atom stereocenters. The molecule has 0 aliphatic heterocycles. The van der Waals surface area contributed by atoms with Crippen molar-refractivity contribution >= 4 is 11.6 Å². The van der Waals surface area contributed by atoms with Gasteiger partial charge in [-0.05, 0) is 33.0 Å². The van der Waals surface area contributed by atoms with Crippen molar-refractivity contribution in [3.8, 4) is 0 Å². The van der Waals surface area contributed by atoms with Crippen LogP contribution >= 0.6 is 11.6 Å². The van der Waals surface area contributed by atoms with Crippen LogP contribution in [0.15, 0.2) is 24.4 Å². The number of hydrogen-bond donors (Lipinski definition) is 1. The van der Waals surface area contributed by atoms with Crippen LogP contribution in [0.5, 0.6) is 0 Å². The summed E-state index contributed by atoms with van der Waals surface area (Å²) < 4.78 is 13.7. The zero-order valence-corrected chi connectivity index (χ0v) is 12.5. The van der Waals surface area contributed by atoms with E-state index in [1.54, 1.807) is 18.3 Å². The highest BCUT2D eigenvalue weighted by Gasteiger charge is 2.12. The van der Waals surface area contributed by atoms with Crippen LogP contribution in [0.3, 0.4) is 0 Å². The molecule has 2 rings (SSSR count). The molecule has 0 radical (unpaired) electrons. The highest BCUT2D eigenvalue weighted by molar-refractivity contribution is 6.31. The smallest absolute Gasteiger partial charge is 0.133 e. The highest BCUT2D eigenvalue weighted by atomic mass is 35.5. The Bertz CT molecular complexity index is 596. The van der Waals surface area contributed by atoms with E-state index in [-0.39, 0.29) is 11.9 Å². The minimum Gasteiger partial charge on any atom is -0.313 e. The number of benzene rings is 1. The Balaban J connectivity index is 2.29. The minimum absolute atomic E-state index is 0.182. The Morgan fingerprint density at radius 2 is 2.15 bits per heavy atom.